The van der Waals surface area contributed by atoms with Gasteiger partial charge in [0.05, 0.1) is 5.75 Å². The molecule has 0 atom stereocenters. The van der Waals surface area contributed by atoms with Gasteiger partial charge >= 0.3 is 0 Å². The average molecular weight is 212 g/mol. The molecule has 0 unspecified atom stereocenters. The smallest absolute Gasteiger partial charge is 0.259 e. The number of rotatable bonds is 0. The lowest BCUT2D eigenvalue weighted by Crippen LogP contribution is -2.23. The van der Waals surface area contributed by atoms with Crippen LogP contribution >= 0.6 is 0 Å². The lowest BCUT2D eigenvalue weighted by atomic mass is 10.1. The highest BCUT2D eigenvalue weighted by atomic mass is 32.2. The molecule has 0 fully saturated rings. The Bertz CT molecular complexity index is 519. The number of nitrogens with zero attached hydrogens (tertiary/aromatic N) is 1. The molecule has 5 nitrogen and oxygen atoms in total. The van der Waals surface area contributed by atoms with Gasteiger partial charge in [-0.15, -0.1) is 4.40 Å². The number of fused-ring (bicyclic) bond motifs is 1. The summed E-state index contributed by atoms with van der Waals surface area (Å²) in [5.74, 6) is -0.211. The molecule has 0 aromatic heterocycles. The van der Waals surface area contributed by atoms with Crippen molar-refractivity contribution in [3.63, 3.8) is 0 Å². The Hall–Kier alpha value is -1.56. The second-order valence-corrected chi connectivity index (χ2v) is 4.68. The molecule has 3 N–H and O–H groups in total. The maximum Gasteiger partial charge on any atom is 0.259 e. The van der Waals surface area contributed by atoms with E-state index in [0.29, 0.717) is 11.1 Å². The van der Waals surface area contributed by atoms with Crippen LogP contribution in [0, 0.1) is 0 Å². The van der Waals surface area contributed by atoms with Crippen LogP contribution in [0.5, 0.6) is 5.75 Å². The molecular weight excluding hydrogens is 204 g/mol. The molecule has 0 radical (unpaired) electrons. The van der Waals surface area contributed by atoms with Crippen molar-refractivity contribution in [2.75, 3.05) is 0 Å². The van der Waals surface area contributed by atoms with Crippen molar-refractivity contribution in [2.24, 2.45) is 10.1 Å². The largest absolute Gasteiger partial charge is 0.508 e. The highest BCUT2D eigenvalue weighted by Crippen LogP contribution is 2.23. The number of aromatic hydroxyl groups is 1. The van der Waals surface area contributed by atoms with Crippen LogP contribution in [0.3, 0.4) is 0 Å². The summed E-state index contributed by atoms with van der Waals surface area (Å²) in [7, 11) is -3.51. The molecule has 1 aliphatic heterocycles. The molecule has 0 aliphatic carbocycles. The molecular formula is C8H8N2O3S. The van der Waals surface area contributed by atoms with Crippen molar-refractivity contribution >= 4 is 15.9 Å². The first-order valence-corrected chi connectivity index (χ1v) is 5.49. The van der Waals surface area contributed by atoms with E-state index in [4.69, 9.17) is 10.8 Å². The minimum absolute atomic E-state index is 0.0219. The van der Waals surface area contributed by atoms with E-state index >= 15 is 0 Å². The van der Waals surface area contributed by atoms with Gasteiger partial charge in [-0.2, -0.15) is 0 Å². The molecule has 1 aromatic carbocycles. The monoisotopic (exact) mass is 212 g/mol. The van der Waals surface area contributed by atoms with E-state index in [1.54, 1.807) is 6.07 Å². The van der Waals surface area contributed by atoms with Gasteiger partial charge in [-0.1, -0.05) is 0 Å². The number of phenolic OH excluding ortho intramolecular Hbond substituents is 1. The van der Waals surface area contributed by atoms with Crippen molar-refractivity contribution < 1.29 is 13.5 Å². The summed E-state index contributed by atoms with van der Waals surface area (Å²) >= 11 is 0. The van der Waals surface area contributed by atoms with Crippen molar-refractivity contribution in [3.05, 3.63) is 29.3 Å². The third-order valence-corrected chi connectivity index (χ3v) is 3.09. The van der Waals surface area contributed by atoms with Gasteiger partial charge < -0.3 is 10.8 Å². The SMILES string of the molecule is NC1=NS(=O)(=O)Cc2cc(O)ccc21. The Morgan fingerprint density at radius 3 is 2.86 bits per heavy atom. The molecule has 0 amide bonds. The lowest BCUT2D eigenvalue weighted by Gasteiger charge is -2.13. The highest BCUT2D eigenvalue weighted by Gasteiger charge is 2.21. The topological polar surface area (TPSA) is 92.8 Å². The molecule has 0 bridgehead atoms. The summed E-state index contributed by atoms with van der Waals surface area (Å²) in [6.45, 7) is 0. The minimum Gasteiger partial charge on any atom is -0.508 e. The second kappa shape index (κ2) is 2.71. The van der Waals surface area contributed by atoms with E-state index in [-0.39, 0.29) is 17.3 Å². The summed E-state index contributed by atoms with van der Waals surface area (Å²) in [4.78, 5) is 0. The summed E-state index contributed by atoms with van der Waals surface area (Å²) in [6.07, 6.45) is 0. The normalized spacial score (nSPS) is 18.4. The Balaban J connectivity index is 2.68. The van der Waals surface area contributed by atoms with Crippen molar-refractivity contribution in [2.45, 2.75) is 5.75 Å². The van der Waals surface area contributed by atoms with Crippen LogP contribution in [0.15, 0.2) is 22.6 Å². The first-order valence-electron chi connectivity index (χ1n) is 3.88. The zero-order valence-electron chi connectivity index (χ0n) is 7.14. The maximum absolute atomic E-state index is 11.2. The van der Waals surface area contributed by atoms with Crippen LogP contribution in [-0.4, -0.2) is 19.4 Å². The Morgan fingerprint density at radius 2 is 2.14 bits per heavy atom. The Labute approximate surface area is 80.9 Å². The summed E-state index contributed by atoms with van der Waals surface area (Å²) < 4.78 is 25.7. The van der Waals surface area contributed by atoms with Crippen LogP contribution in [-0.2, 0) is 15.8 Å². The highest BCUT2D eigenvalue weighted by molar-refractivity contribution is 7.89. The molecule has 14 heavy (non-hydrogen) atoms. The average Bonchev–Trinajstić information content (AvgIpc) is 2.00. The van der Waals surface area contributed by atoms with Crippen LogP contribution in [0.1, 0.15) is 11.1 Å². The predicted octanol–water partition coefficient (Wildman–Crippen LogP) is -0.0591. The van der Waals surface area contributed by atoms with E-state index in [0.717, 1.165) is 0 Å². The number of phenols is 1. The third-order valence-electron chi connectivity index (χ3n) is 1.94. The molecule has 2 rings (SSSR count). The van der Waals surface area contributed by atoms with Crippen molar-refractivity contribution in [3.8, 4) is 5.75 Å². The molecule has 74 valence electrons. The van der Waals surface area contributed by atoms with Gasteiger partial charge in [0, 0.05) is 5.56 Å². The molecule has 1 aliphatic rings. The van der Waals surface area contributed by atoms with E-state index in [9.17, 15) is 8.42 Å². The van der Waals surface area contributed by atoms with Gasteiger partial charge in [0.25, 0.3) is 10.0 Å². The molecule has 1 aromatic rings. The number of amidine groups is 1. The molecule has 0 spiro atoms. The molecule has 0 saturated carbocycles. The summed E-state index contributed by atoms with van der Waals surface area (Å²) in [5.41, 5.74) is 6.51. The fourth-order valence-corrected chi connectivity index (χ4v) is 2.47. The summed E-state index contributed by atoms with van der Waals surface area (Å²) in [6, 6.07) is 4.38. The first-order chi connectivity index (χ1) is 6.48. The molecule has 0 saturated heterocycles. The number of sulfonamides is 1. The van der Waals surface area contributed by atoms with Crippen molar-refractivity contribution in [1.82, 2.24) is 0 Å². The van der Waals surface area contributed by atoms with Gasteiger partial charge in [-0.25, -0.2) is 8.42 Å². The molecule has 6 heteroatoms. The third kappa shape index (κ3) is 1.44. The second-order valence-electron chi connectivity index (χ2n) is 3.04. The van der Waals surface area contributed by atoms with Gasteiger partial charge in [0.15, 0.2) is 0 Å². The Kier molecular flexibility index (Phi) is 1.75. The standard InChI is InChI=1S/C8H8N2O3S/c9-8-7-2-1-6(11)3-5(7)4-14(12,13)10-8/h1-3,11H,4H2,(H2,9,10). The number of benzene rings is 1. The van der Waals surface area contributed by atoms with E-state index in [1.807, 2.05) is 0 Å². The fraction of sp³-hybridized carbons (Fsp3) is 0.125. The minimum atomic E-state index is -3.51. The lowest BCUT2D eigenvalue weighted by molar-refractivity contribution is 0.474. The first kappa shape index (κ1) is 9.01. The molecule has 1 heterocycles. The summed E-state index contributed by atoms with van der Waals surface area (Å²) in [5, 5.41) is 9.17. The van der Waals surface area contributed by atoms with E-state index in [1.165, 1.54) is 12.1 Å². The number of nitrogens with two attached hydrogens (primary N) is 1. The van der Waals surface area contributed by atoms with Gasteiger partial charge in [0.2, 0.25) is 0 Å². The number of hydrogen-bond donors (Lipinski definition) is 2. The van der Waals surface area contributed by atoms with Gasteiger partial charge in [-0.05, 0) is 23.8 Å². The quantitative estimate of drug-likeness (QED) is 0.630. The van der Waals surface area contributed by atoms with Crippen LogP contribution in [0.4, 0.5) is 0 Å². The van der Waals surface area contributed by atoms with E-state index in [2.05, 4.69) is 4.40 Å². The zero-order chi connectivity index (χ0) is 10.3. The van der Waals surface area contributed by atoms with Crippen LogP contribution in [0.2, 0.25) is 0 Å². The van der Waals surface area contributed by atoms with E-state index < -0.39 is 10.0 Å². The van der Waals surface area contributed by atoms with Gasteiger partial charge in [-0.3, -0.25) is 0 Å². The Morgan fingerprint density at radius 1 is 1.43 bits per heavy atom. The number of hydrogen-bond acceptors (Lipinski definition) is 4. The zero-order valence-corrected chi connectivity index (χ0v) is 7.95. The predicted molar refractivity (Wildman–Crippen MR) is 51.5 cm³/mol. The van der Waals surface area contributed by atoms with Crippen molar-refractivity contribution in [1.29, 1.82) is 0 Å². The maximum atomic E-state index is 11.2. The fourth-order valence-electron chi connectivity index (χ4n) is 1.38. The van der Waals surface area contributed by atoms with Crippen LogP contribution < -0.4 is 5.73 Å². The van der Waals surface area contributed by atoms with Gasteiger partial charge in [0.1, 0.15) is 11.6 Å². The van der Waals surface area contributed by atoms with Crippen LogP contribution in [0.25, 0.3) is 0 Å².